The van der Waals surface area contributed by atoms with Gasteiger partial charge in [-0.2, -0.15) is 0 Å². The average molecular weight is 270 g/mol. The fourth-order valence-electron chi connectivity index (χ4n) is 2.32. The van der Waals surface area contributed by atoms with Gasteiger partial charge in [-0.25, -0.2) is 4.79 Å². The first-order chi connectivity index (χ1) is 8.82. The topological polar surface area (TPSA) is 58.6 Å². The van der Waals surface area contributed by atoms with E-state index >= 15 is 0 Å². The molecule has 110 valence electrons. The van der Waals surface area contributed by atoms with Crippen LogP contribution in [0.3, 0.4) is 0 Å². The van der Waals surface area contributed by atoms with Crippen LogP contribution in [-0.4, -0.2) is 48.6 Å². The van der Waals surface area contributed by atoms with E-state index in [4.69, 9.17) is 4.74 Å². The molecule has 0 aromatic heterocycles. The second-order valence-corrected chi connectivity index (χ2v) is 5.69. The zero-order valence-corrected chi connectivity index (χ0v) is 12.6. The highest BCUT2D eigenvalue weighted by Crippen LogP contribution is 2.19. The molecule has 1 amide bonds. The summed E-state index contributed by atoms with van der Waals surface area (Å²) in [4.78, 5) is 25.7. The first-order valence-electron chi connectivity index (χ1n) is 7.03. The van der Waals surface area contributed by atoms with Gasteiger partial charge in [0.2, 0.25) is 5.91 Å². The van der Waals surface area contributed by atoms with Gasteiger partial charge in [-0.05, 0) is 47.1 Å². The first kappa shape index (κ1) is 16.0. The lowest BCUT2D eigenvalue weighted by atomic mass is 9.92. The highest BCUT2D eigenvalue weighted by molar-refractivity contribution is 5.85. The Morgan fingerprint density at radius 3 is 2.47 bits per heavy atom. The predicted octanol–water partition coefficient (Wildman–Crippen LogP) is 1.17. The lowest BCUT2D eigenvalue weighted by molar-refractivity contribution is -0.158. The van der Waals surface area contributed by atoms with Crippen LogP contribution in [0.5, 0.6) is 0 Å². The van der Waals surface area contributed by atoms with Crippen LogP contribution in [0.1, 0.15) is 40.5 Å². The molecule has 1 aliphatic rings. The number of rotatable bonds is 4. The molecule has 1 aliphatic heterocycles. The quantitative estimate of drug-likeness (QED) is 0.779. The van der Waals surface area contributed by atoms with Gasteiger partial charge in [0.05, 0.1) is 6.10 Å². The molecule has 3 atom stereocenters. The Kier molecular flexibility index (Phi) is 5.79. The number of likely N-dealkylation sites (N-methyl/N-ethyl adjacent to an activating group) is 1. The molecule has 19 heavy (non-hydrogen) atoms. The minimum atomic E-state index is -0.528. The number of piperidine rings is 1. The van der Waals surface area contributed by atoms with E-state index < -0.39 is 6.04 Å². The molecule has 5 nitrogen and oxygen atoms in total. The highest BCUT2D eigenvalue weighted by Gasteiger charge is 2.31. The number of nitrogens with zero attached hydrogens (tertiary/aromatic N) is 1. The number of amides is 1. The van der Waals surface area contributed by atoms with E-state index in [0.717, 1.165) is 19.4 Å². The number of hydrogen-bond donors (Lipinski definition) is 1. The Hall–Kier alpha value is -1.10. The maximum atomic E-state index is 12.4. The van der Waals surface area contributed by atoms with Crippen molar-refractivity contribution in [2.75, 3.05) is 13.6 Å². The molecule has 0 aliphatic carbocycles. The van der Waals surface area contributed by atoms with Gasteiger partial charge in [0.1, 0.15) is 6.04 Å². The van der Waals surface area contributed by atoms with Gasteiger partial charge < -0.3 is 15.0 Å². The number of hydrogen-bond acceptors (Lipinski definition) is 4. The summed E-state index contributed by atoms with van der Waals surface area (Å²) in [5.74, 6) is -0.287. The molecule has 0 bridgehead atoms. The van der Waals surface area contributed by atoms with Crippen molar-refractivity contribution in [2.45, 2.75) is 58.7 Å². The van der Waals surface area contributed by atoms with E-state index in [0.29, 0.717) is 6.04 Å². The van der Waals surface area contributed by atoms with E-state index in [2.05, 4.69) is 12.2 Å². The molecule has 0 spiro atoms. The van der Waals surface area contributed by atoms with E-state index in [1.165, 1.54) is 4.90 Å². The molecule has 1 saturated heterocycles. The fraction of sp³-hybridized carbons (Fsp3) is 0.857. The minimum absolute atomic E-state index is 0.00977. The van der Waals surface area contributed by atoms with Crippen molar-refractivity contribution in [1.29, 1.82) is 0 Å². The summed E-state index contributed by atoms with van der Waals surface area (Å²) in [7, 11) is 1.68. The van der Waals surface area contributed by atoms with Crippen molar-refractivity contribution in [1.82, 2.24) is 10.2 Å². The summed E-state index contributed by atoms with van der Waals surface area (Å²) in [5.41, 5.74) is 0. The Labute approximate surface area is 115 Å². The van der Waals surface area contributed by atoms with Gasteiger partial charge in [0, 0.05) is 19.0 Å². The second kappa shape index (κ2) is 6.89. The number of nitrogens with one attached hydrogen (secondary N) is 1. The summed E-state index contributed by atoms with van der Waals surface area (Å²) in [6, 6.07) is -0.172. The Bertz CT molecular complexity index is 331. The molecule has 5 heteroatoms. The molecule has 0 aromatic rings. The molecule has 0 aromatic carbocycles. The maximum Gasteiger partial charge on any atom is 0.328 e. The Balaban J connectivity index is 2.57. The van der Waals surface area contributed by atoms with Gasteiger partial charge in [-0.1, -0.05) is 0 Å². The van der Waals surface area contributed by atoms with Gasteiger partial charge in [-0.3, -0.25) is 4.79 Å². The van der Waals surface area contributed by atoms with Gasteiger partial charge in [0.25, 0.3) is 0 Å². The molecular weight excluding hydrogens is 244 g/mol. The fourth-order valence-corrected chi connectivity index (χ4v) is 2.32. The predicted molar refractivity (Wildman–Crippen MR) is 73.6 cm³/mol. The van der Waals surface area contributed by atoms with Crippen molar-refractivity contribution in [3.63, 3.8) is 0 Å². The number of esters is 1. The minimum Gasteiger partial charge on any atom is -0.461 e. The number of ether oxygens (including phenoxy) is 1. The first-order valence-corrected chi connectivity index (χ1v) is 7.03. The average Bonchev–Trinajstić information content (AvgIpc) is 2.35. The standard InChI is InChI=1S/C14H26N2O3/c1-9(2)19-14(18)11(4)16(5)13(17)12-6-7-15-10(3)8-12/h9-12,15H,6-8H2,1-5H3/t10-,11?,12-/m0/s1. The summed E-state index contributed by atoms with van der Waals surface area (Å²) < 4.78 is 5.15. The largest absolute Gasteiger partial charge is 0.461 e. The van der Waals surface area contributed by atoms with Crippen LogP contribution in [0, 0.1) is 5.92 Å². The van der Waals surface area contributed by atoms with Crippen LogP contribution in [0.15, 0.2) is 0 Å². The molecular formula is C14H26N2O3. The molecule has 1 fully saturated rings. The molecule has 1 unspecified atom stereocenters. The molecule has 1 heterocycles. The second-order valence-electron chi connectivity index (χ2n) is 5.69. The van der Waals surface area contributed by atoms with Crippen LogP contribution in [0.25, 0.3) is 0 Å². The maximum absolute atomic E-state index is 12.4. The van der Waals surface area contributed by atoms with E-state index in [1.54, 1.807) is 27.8 Å². The van der Waals surface area contributed by atoms with Crippen molar-refractivity contribution >= 4 is 11.9 Å². The van der Waals surface area contributed by atoms with Crippen molar-refractivity contribution in [3.8, 4) is 0 Å². The van der Waals surface area contributed by atoms with Crippen molar-refractivity contribution in [3.05, 3.63) is 0 Å². The van der Waals surface area contributed by atoms with Crippen LogP contribution >= 0.6 is 0 Å². The third kappa shape index (κ3) is 4.49. The summed E-state index contributed by atoms with van der Waals surface area (Å²) in [5, 5.41) is 3.32. The third-order valence-electron chi connectivity index (χ3n) is 3.59. The van der Waals surface area contributed by atoms with Crippen molar-refractivity contribution < 1.29 is 14.3 Å². The highest BCUT2D eigenvalue weighted by atomic mass is 16.5. The Morgan fingerprint density at radius 2 is 1.95 bits per heavy atom. The van der Waals surface area contributed by atoms with Gasteiger partial charge in [-0.15, -0.1) is 0 Å². The number of carbonyl (C=O) groups excluding carboxylic acids is 2. The lowest BCUT2D eigenvalue weighted by Gasteiger charge is -2.32. The Morgan fingerprint density at radius 1 is 1.32 bits per heavy atom. The SMILES string of the molecule is CC(C)OC(=O)C(C)N(C)C(=O)[C@H]1CCN[C@@H](C)C1. The van der Waals surface area contributed by atoms with Crippen LogP contribution in [0.2, 0.25) is 0 Å². The smallest absolute Gasteiger partial charge is 0.328 e. The van der Waals surface area contributed by atoms with E-state index in [9.17, 15) is 9.59 Å². The summed E-state index contributed by atoms with van der Waals surface area (Å²) in [6.45, 7) is 8.26. The monoisotopic (exact) mass is 270 g/mol. The zero-order valence-electron chi connectivity index (χ0n) is 12.6. The summed E-state index contributed by atoms with van der Waals surface area (Å²) >= 11 is 0. The van der Waals surface area contributed by atoms with E-state index in [1.807, 2.05) is 0 Å². The summed E-state index contributed by atoms with van der Waals surface area (Å²) in [6.07, 6.45) is 1.51. The van der Waals surface area contributed by atoms with Crippen LogP contribution in [-0.2, 0) is 14.3 Å². The van der Waals surface area contributed by atoms with Gasteiger partial charge >= 0.3 is 5.97 Å². The van der Waals surface area contributed by atoms with Crippen LogP contribution in [0.4, 0.5) is 0 Å². The normalized spacial score (nSPS) is 24.9. The van der Waals surface area contributed by atoms with Gasteiger partial charge in [0.15, 0.2) is 0 Å². The molecule has 0 saturated carbocycles. The molecule has 0 radical (unpaired) electrons. The molecule has 1 rings (SSSR count). The van der Waals surface area contributed by atoms with E-state index in [-0.39, 0.29) is 23.9 Å². The van der Waals surface area contributed by atoms with Crippen LogP contribution < -0.4 is 5.32 Å². The van der Waals surface area contributed by atoms with Crippen molar-refractivity contribution in [2.24, 2.45) is 5.92 Å². The lowest BCUT2D eigenvalue weighted by Crippen LogP contribution is -2.48. The number of carbonyl (C=O) groups is 2. The zero-order chi connectivity index (χ0) is 14.6. The third-order valence-corrected chi connectivity index (χ3v) is 3.59. The molecule has 1 N–H and O–H groups in total.